The molecular formula is C18H21ClO. The van der Waals surface area contributed by atoms with Crippen LogP contribution in [0.3, 0.4) is 0 Å². The molecule has 0 aromatic heterocycles. The predicted octanol–water partition coefficient (Wildman–Crippen LogP) is 4.85. The van der Waals surface area contributed by atoms with Crippen LogP contribution in [0, 0.1) is 6.92 Å². The number of benzene rings is 2. The number of aryl methyl sites for hydroxylation is 3. The first-order chi connectivity index (χ1) is 9.56. The number of aliphatic hydroxyl groups is 1. The molecule has 0 saturated heterocycles. The van der Waals surface area contributed by atoms with Gasteiger partial charge in [-0.2, -0.15) is 0 Å². The van der Waals surface area contributed by atoms with Crippen LogP contribution in [-0.4, -0.2) is 5.11 Å². The molecule has 1 nitrogen and oxygen atoms in total. The highest BCUT2D eigenvalue weighted by Crippen LogP contribution is 2.31. The van der Waals surface area contributed by atoms with Crippen molar-refractivity contribution in [2.75, 3.05) is 0 Å². The molecule has 1 N–H and O–H groups in total. The zero-order chi connectivity index (χ0) is 14.7. The first-order valence-electron chi connectivity index (χ1n) is 7.12. The molecule has 106 valence electrons. The summed E-state index contributed by atoms with van der Waals surface area (Å²) in [6.07, 6.45) is 1.20. The minimum atomic E-state index is -0.662. The molecule has 0 fully saturated rings. The van der Waals surface area contributed by atoms with Gasteiger partial charge in [0.25, 0.3) is 0 Å². The second kappa shape index (κ2) is 6.43. The molecule has 2 aromatic carbocycles. The SMILES string of the molecule is CCc1ccc(CC)c(C(O)c2ccc(C)cc2Cl)c1. The Morgan fingerprint density at radius 2 is 1.75 bits per heavy atom. The molecule has 0 aliphatic rings. The zero-order valence-electron chi connectivity index (χ0n) is 12.3. The Hall–Kier alpha value is -1.31. The van der Waals surface area contributed by atoms with Crippen LogP contribution in [-0.2, 0) is 12.8 Å². The van der Waals surface area contributed by atoms with Crippen LogP contribution in [0.2, 0.25) is 5.02 Å². The minimum absolute atomic E-state index is 0.626. The summed E-state index contributed by atoms with van der Waals surface area (Å²) >= 11 is 6.28. The van der Waals surface area contributed by atoms with Crippen LogP contribution < -0.4 is 0 Å². The van der Waals surface area contributed by atoms with Crippen molar-refractivity contribution in [2.24, 2.45) is 0 Å². The minimum Gasteiger partial charge on any atom is -0.384 e. The summed E-state index contributed by atoms with van der Waals surface area (Å²) in [4.78, 5) is 0. The smallest absolute Gasteiger partial charge is 0.106 e. The number of hydrogen-bond acceptors (Lipinski definition) is 1. The van der Waals surface area contributed by atoms with Gasteiger partial charge in [0, 0.05) is 10.6 Å². The number of halogens is 1. The lowest BCUT2D eigenvalue weighted by Crippen LogP contribution is -2.05. The molecule has 0 aliphatic carbocycles. The van der Waals surface area contributed by atoms with E-state index in [0.29, 0.717) is 5.02 Å². The van der Waals surface area contributed by atoms with Gasteiger partial charge in [-0.05, 0) is 48.1 Å². The average molecular weight is 289 g/mol. The van der Waals surface area contributed by atoms with Crippen molar-refractivity contribution in [2.45, 2.75) is 39.7 Å². The normalized spacial score (nSPS) is 12.4. The van der Waals surface area contributed by atoms with Crippen molar-refractivity contribution >= 4 is 11.6 Å². The van der Waals surface area contributed by atoms with E-state index in [1.165, 1.54) is 11.1 Å². The van der Waals surface area contributed by atoms with E-state index in [0.717, 1.165) is 29.5 Å². The van der Waals surface area contributed by atoms with Crippen LogP contribution in [0.5, 0.6) is 0 Å². The Kier molecular flexibility index (Phi) is 4.85. The second-order valence-corrected chi connectivity index (χ2v) is 5.57. The van der Waals surface area contributed by atoms with Gasteiger partial charge in [-0.1, -0.05) is 55.8 Å². The van der Waals surface area contributed by atoms with Gasteiger partial charge >= 0.3 is 0 Å². The Bertz CT molecular complexity index is 604. The third kappa shape index (κ3) is 3.05. The summed E-state index contributed by atoms with van der Waals surface area (Å²) in [7, 11) is 0. The first-order valence-corrected chi connectivity index (χ1v) is 7.50. The van der Waals surface area contributed by atoms with Crippen molar-refractivity contribution in [3.05, 3.63) is 69.2 Å². The number of aliphatic hydroxyl groups excluding tert-OH is 1. The van der Waals surface area contributed by atoms with Gasteiger partial charge in [0.1, 0.15) is 6.10 Å². The van der Waals surface area contributed by atoms with E-state index in [9.17, 15) is 5.11 Å². The average Bonchev–Trinajstić information content (AvgIpc) is 2.46. The highest BCUT2D eigenvalue weighted by atomic mass is 35.5. The largest absolute Gasteiger partial charge is 0.384 e. The van der Waals surface area contributed by atoms with E-state index in [4.69, 9.17) is 11.6 Å². The molecule has 0 bridgehead atoms. The third-order valence-electron chi connectivity index (χ3n) is 3.74. The van der Waals surface area contributed by atoms with Gasteiger partial charge in [-0.15, -0.1) is 0 Å². The maximum atomic E-state index is 10.7. The third-order valence-corrected chi connectivity index (χ3v) is 4.07. The van der Waals surface area contributed by atoms with Crippen LogP contribution in [0.1, 0.15) is 47.8 Å². The Morgan fingerprint density at radius 3 is 2.35 bits per heavy atom. The van der Waals surface area contributed by atoms with Crippen LogP contribution in [0.25, 0.3) is 0 Å². The summed E-state index contributed by atoms with van der Waals surface area (Å²) in [5.41, 5.74) is 5.26. The molecule has 1 atom stereocenters. The molecule has 2 heteroatoms. The van der Waals surface area contributed by atoms with Crippen molar-refractivity contribution in [3.8, 4) is 0 Å². The molecule has 2 rings (SSSR count). The molecule has 0 spiro atoms. The molecule has 0 saturated carbocycles. The molecule has 0 radical (unpaired) electrons. The fraction of sp³-hybridized carbons (Fsp3) is 0.333. The number of hydrogen-bond donors (Lipinski definition) is 1. The van der Waals surface area contributed by atoms with Gasteiger partial charge in [-0.3, -0.25) is 0 Å². The predicted molar refractivity (Wildman–Crippen MR) is 85.4 cm³/mol. The molecular weight excluding hydrogens is 268 g/mol. The highest BCUT2D eigenvalue weighted by Gasteiger charge is 2.17. The van der Waals surface area contributed by atoms with Gasteiger partial charge in [0.05, 0.1) is 0 Å². The molecule has 20 heavy (non-hydrogen) atoms. The van der Waals surface area contributed by atoms with Crippen molar-refractivity contribution in [1.29, 1.82) is 0 Å². The van der Waals surface area contributed by atoms with E-state index in [-0.39, 0.29) is 0 Å². The van der Waals surface area contributed by atoms with E-state index in [1.807, 2.05) is 25.1 Å². The van der Waals surface area contributed by atoms with Gasteiger partial charge in [0.2, 0.25) is 0 Å². The topological polar surface area (TPSA) is 20.2 Å². The van der Waals surface area contributed by atoms with Crippen LogP contribution in [0.15, 0.2) is 36.4 Å². The molecule has 0 amide bonds. The summed E-state index contributed by atoms with van der Waals surface area (Å²) in [5, 5.41) is 11.3. The second-order valence-electron chi connectivity index (χ2n) is 5.17. The molecule has 0 heterocycles. The standard InChI is InChI=1S/C18H21ClO/c1-4-13-7-8-14(5-2)16(11-13)18(20)15-9-6-12(3)10-17(15)19/h6-11,18,20H,4-5H2,1-3H3. The Morgan fingerprint density at radius 1 is 1.00 bits per heavy atom. The maximum absolute atomic E-state index is 10.7. The summed E-state index contributed by atoms with van der Waals surface area (Å²) in [6.45, 7) is 6.22. The maximum Gasteiger partial charge on any atom is 0.106 e. The van der Waals surface area contributed by atoms with Crippen LogP contribution in [0.4, 0.5) is 0 Å². The van der Waals surface area contributed by atoms with Gasteiger partial charge < -0.3 is 5.11 Å². The lowest BCUT2D eigenvalue weighted by Gasteiger charge is -2.18. The molecule has 1 unspecified atom stereocenters. The highest BCUT2D eigenvalue weighted by molar-refractivity contribution is 6.31. The van der Waals surface area contributed by atoms with E-state index in [1.54, 1.807) is 0 Å². The first kappa shape index (κ1) is 15.1. The Balaban J connectivity index is 2.48. The quantitative estimate of drug-likeness (QED) is 0.852. The van der Waals surface area contributed by atoms with E-state index in [2.05, 4.69) is 32.0 Å². The van der Waals surface area contributed by atoms with Crippen molar-refractivity contribution in [1.82, 2.24) is 0 Å². The zero-order valence-corrected chi connectivity index (χ0v) is 13.0. The fourth-order valence-corrected chi connectivity index (χ4v) is 2.80. The monoisotopic (exact) mass is 288 g/mol. The lowest BCUT2D eigenvalue weighted by molar-refractivity contribution is 0.219. The van der Waals surface area contributed by atoms with E-state index >= 15 is 0 Å². The molecule has 2 aromatic rings. The fourth-order valence-electron chi connectivity index (χ4n) is 2.46. The van der Waals surface area contributed by atoms with Gasteiger partial charge in [-0.25, -0.2) is 0 Å². The van der Waals surface area contributed by atoms with Crippen molar-refractivity contribution < 1.29 is 5.11 Å². The Labute approximate surface area is 126 Å². The summed E-state index contributed by atoms with van der Waals surface area (Å²) in [6, 6.07) is 12.1. The van der Waals surface area contributed by atoms with Gasteiger partial charge in [0.15, 0.2) is 0 Å². The number of rotatable bonds is 4. The van der Waals surface area contributed by atoms with Crippen molar-refractivity contribution in [3.63, 3.8) is 0 Å². The lowest BCUT2D eigenvalue weighted by atomic mass is 9.93. The molecule has 0 aliphatic heterocycles. The van der Waals surface area contributed by atoms with E-state index < -0.39 is 6.10 Å². The summed E-state index contributed by atoms with van der Waals surface area (Å²) in [5.74, 6) is 0. The van der Waals surface area contributed by atoms with Crippen LogP contribution >= 0.6 is 11.6 Å². The summed E-state index contributed by atoms with van der Waals surface area (Å²) < 4.78 is 0.